The molecule has 1 aliphatic heterocycles. The van der Waals surface area contributed by atoms with Crippen LogP contribution in [0.1, 0.15) is 40.3 Å². The lowest BCUT2D eigenvalue weighted by Crippen LogP contribution is -2.37. The summed E-state index contributed by atoms with van der Waals surface area (Å²) in [5, 5.41) is 1.30. The van der Waals surface area contributed by atoms with Crippen LogP contribution >= 0.6 is 23.1 Å². The fourth-order valence-corrected chi connectivity index (χ4v) is 4.69. The Morgan fingerprint density at radius 2 is 2.19 bits per heavy atom. The van der Waals surface area contributed by atoms with Crippen molar-refractivity contribution in [3.8, 4) is 0 Å². The van der Waals surface area contributed by atoms with Crippen LogP contribution in [0.3, 0.4) is 0 Å². The van der Waals surface area contributed by atoms with Crippen LogP contribution in [0.5, 0.6) is 0 Å². The highest BCUT2D eigenvalue weighted by atomic mass is 32.2. The van der Waals surface area contributed by atoms with E-state index in [4.69, 9.17) is 10.5 Å². The van der Waals surface area contributed by atoms with Gasteiger partial charge in [0.2, 0.25) is 0 Å². The van der Waals surface area contributed by atoms with Crippen molar-refractivity contribution in [2.75, 3.05) is 36.6 Å². The molecule has 116 valence electrons. The van der Waals surface area contributed by atoms with E-state index in [-0.39, 0.29) is 11.5 Å². The van der Waals surface area contributed by atoms with Gasteiger partial charge in [0, 0.05) is 31.0 Å². The number of hydrogen-bond donors (Lipinski definition) is 1. The van der Waals surface area contributed by atoms with Crippen LogP contribution in [0.15, 0.2) is 0 Å². The van der Waals surface area contributed by atoms with Gasteiger partial charge in [-0.05, 0) is 6.42 Å². The number of nitrogens with zero attached hydrogens (tertiary/aromatic N) is 1. The minimum atomic E-state index is -0.475. The first kappa shape index (κ1) is 16.2. The molecule has 0 amide bonds. The first-order valence-corrected chi connectivity index (χ1v) is 8.74. The van der Waals surface area contributed by atoms with Crippen LogP contribution in [-0.2, 0) is 4.74 Å². The standard InChI is InChI=1S/C14H20N2O3S2/c1-4-9-7-16(5-6-20-9)13-10(14(18)19-3)11(15)12(21-13)8(2)17/h9H,4-7,15H2,1-3H3. The Kier molecular flexibility index (Phi) is 5.16. The van der Waals surface area contributed by atoms with Crippen molar-refractivity contribution in [3.63, 3.8) is 0 Å². The Balaban J connectivity index is 2.44. The third-order valence-corrected chi connectivity index (χ3v) is 6.26. The molecule has 0 saturated carbocycles. The topological polar surface area (TPSA) is 72.6 Å². The first-order chi connectivity index (χ1) is 9.99. The summed E-state index contributed by atoms with van der Waals surface area (Å²) in [5.41, 5.74) is 6.60. The summed E-state index contributed by atoms with van der Waals surface area (Å²) in [5.74, 6) is 0.414. The Hall–Kier alpha value is -1.21. The van der Waals surface area contributed by atoms with Crippen molar-refractivity contribution in [2.45, 2.75) is 25.5 Å². The van der Waals surface area contributed by atoms with Gasteiger partial charge in [-0.1, -0.05) is 6.92 Å². The fourth-order valence-electron chi connectivity index (χ4n) is 2.37. The molecule has 0 aromatic carbocycles. The number of thiophene rings is 1. The average molecular weight is 328 g/mol. The van der Waals surface area contributed by atoms with Crippen LogP contribution in [0.2, 0.25) is 0 Å². The SMILES string of the molecule is CCC1CN(c2sc(C(C)=O)c(N)c2C(=O)OC)CCS1. The van der Waals surface area contributed by atoms with E-state index in [0.29, 0.717) is 15.7 Å². The third kappa shape index (κ3) is 3.18. The predicted molar refractivity (Wildman–Crippen MR) is 88.8 cm³/mol. The van der Waals surface area contributed by atoms with Gasteiger partial charge in [-0.2, -0.15) is 11.8 Å². The lowest BCUT2D eigenvalue weighted by molar-refractivity contribution is 0.0603. The number of nitrogens with two attached hydrogens (primary N) is 1. The van der Waals surface area contributed by atoms with Crippen LogP contribution < -0.4 is 10.6 Å². The van der Waals surface area contributed by atoms with E-state index in [9.17, 15) is 9.59 Å². The number of esters is 1. The van der Waals surface area contributed by atoms with E-state index in [1.54, 1.807) is 0 Å². The van der Waals surface area contributed by atoms with Gasteiger partial charge < -0.3 is 15.4 Å². The van der Waals surface area contributed by atoms with Crippen LogP contribution in [0, 0.1) is 0 Å². The molecule has 21 heavy (non-hydrogen) atoms. The zero-order chi connectivity index (χ0) is 15.6. The molecule has 0 radical (unpaired) electrons. The molecular weight excluding hydrogens is 308 g/mol. The van der Waals surface area contributed by atoms with Crippen molar-refractivity contribution < 1.29 is 14.3 Å². The van der Waals surface area contributed by atoms with E-state index < -0.39 is 5.97 Å². The maximum Gasteiger partial charge on any atom is 0.343 e. The maximum absolute atomic E-state index is 12.0. The molecule has 1 aliphatic rings. The molecule has 7 heteroatoms. The minimum absolute atomic E-state index is 0.118. The number of rotatable bonds is 4. The Labute approximate surface area is 132 Å². The number of thioether (sulfide) groups is 1. The molecule has 1 aromatic rings. The number of ether oxygens (including phenoxy) is 1. The summed E-state index contributed by atoms with van der Waals surface area (Å²) in [6.45, 7) is 5.34. The third-order valence-electron chi connectivity index (χ3n) is 3.52. The average Bonchev–Trinajstić information content (AvgIpc) is 2.84. The molecule has 1 fully saturated rings. The number of hydrogen-bond acceptors (Lipinski definition) is 7. The maximum atomic E-state index is 12.0. The van der Waals surface area contributed by atoms with Crippen molar-refractivity contribution in [1.82, 2.24) is 0 Å². The molecule has 0 aliphatic carbocycles. The highest BCUT2D eigenvalue weighted by Crippen LogP contribution is 2.40. The lowest BCUT2D eigenvalue weighted by atomic mass is 10.2. The highest BCUT2D eigenvalue weighted by Gasteiger charge is 2.30. The number of nitrogen functional groups attached to an aromatic ring is 1. The Morgan fingerprint density at radius 1 is 1.48 bits per heavy atom. The van der Waals surface area contributed by atoms with Crippen molar-refractivity contribution in [2.24, 2.45) is 0 Å². The molecule has 2 heterocycles. The molecule has 2 rings (SSSR count). The summed E-state index contributed by atoms with van der Waals surface area (Å²) in [6.07, 6.45) is 1.08. The van der Waals surface area contributed by atoms with Gasteiger partial charge >= 0.3 is 5.97 Å². The van der Waals surface area contributed by atoms with Gasteiger partial charge in [0.1, 0.15) is 10.6 Å². The van der Waals surface area contributed by atoms with Crippen molar-refractivity contribution in [1.29, 1.82) is 0 Å². The molecule has 0 spiro atoms. The second-order valence-electron chi connectivity index (χ2n) is 4.92. The zero-order valence-electron chi connectivity index (χ0n) is 12.5. The molecule has 1 saturated heterocycles. The molecule has 0 bridgehead atoms. The quantitative estimate of drug-likeness (QED) is 0.677. The molecule has 1 atom stereocenters. The molecule has 1 aromatic heterocycles. The number of methoxy groups -OCH3 is 1. The largest absolute Gasteiger partial charge is 0.465 e. The highest BCUT2D eigenvalue weighted by molar-refractivity contribution is 8.00. The van der Waals surface area contributed by atoms with Gasteiger partial charge in [-0.3, -0.25) is 4.79 Å². The van der Waals surface area contributed by atoms with E-state index in [1.807, 2.05) is 11.8 Å². The van der Waals surface area contributed by atoms with Gasteiger partial charge in [-0.25, -0.2) is 4.79 Å². The Morgan fingerprint density at radius 3 is 2.76 bits per heavy atom. The summed E-state index contributed by atoms with van der Waals surface area (Å²) in [4.78, 5) is 26.3. The molecule has 1 unspecified atom stereocenters. The summed E-state index contributed by atoms with van der Waals surface area (Å²) in [6, 6.07) is 0. The first-order valence-electron chi connectivity index (χ1n) is 6.87. The van der Waals surface area contributed by atoms with E-state index in [2.05, 4.69) is 11.8 Å². The Bertz CT molecular complexity index is 557. The number of carbonyl (C=O) groups excluding carboxylic acids is 2. The van der Waals surface area contributed by atoms with Crippen LogP contribution in [0.4, 0.5) is 10.7 Å². The number of anilines is 2. The summed E-state index contributed by atoms with van der Waals surface area (Å²) < 4.78 is 4.84. The summed E-state index contributed by atoms with van der Waals surface area (Å²) in [7, 11) is 1.33. The molecular formula is C14H20N2O3S2. The van der Waals surface area contributed by atoms with E-state index in [0.717, 1.165) is 30.3 Å². The van der Waals surface area contributed by atoms with Crippen LogP contribution in [0.25, 0.3) is 0 Å². The lowest BCUT2D eigenvalue weighted by Gasteiger charge is -2.33. The predicted octanol–water partition coefficient (Wildman–Crippen LogP) is 2.65. The zero-order valence-corrected chi connectivity index (χ0v) is 14.1. The van der Waals surface area contributed by atoms with E-state index >= 15 is 0 Å². The fraction of sp³-hybridized carbons (Fsp3) is 0.571. The number of ketones is 1. The number of carbonyl (C=O) groups is 2. The van der Waals surface area contributed by atoms with Gasteiger partial charge in [-0.15, -0.1) is 11.3 Å². The van der Waals surface area contributed by atoms with Crippen LogP contribution in [-0.4, -0.2) is 43.0 Å². The molecule has 5 nitrogen and oxygen atoms in total. The smallest absolute Gasteiger partial charge is 0.343 e. The van der Waals surface area contributed by atoms with Crippen molar-refractivity contribution in [3.05, 3.63) is 10.4 Å². The molecule has 2 N–H and O–H groups in total. The van der Waals surface area contributed by atoms with Crippen molar-refractivity contribution >= 4 is 45.5 Å². The van der Waals surface area contributed by atoms with E-state index in [1.165, 1.54) is 25.4 Å². The second-order valence-corrected chi connectivity index (χ2v) is 7.33. The summed E-state index contributed by atoms with van der Waals surface area (Å²) >= 11 is 3.25. The monoisotopic (exact) mass is 328 g/mol. The minimum Gasteiger partial charge on any atom is -0.465 e. The van der Waals surface area contributed by atoms with Gasteiger partial charge in [0.15, 0.2) is 5.78 Å². The number of Topliss-reactive ketones (excluding diaryl/α,β-unsaturated/α-hetero) is 1. The van der Waals surface area contributed by atoms with Gasteiger partial charge in [0.05, 0.1) is 17.7 Å². The normalized spacial score (nSPS) is 18.6. The van der Waals surface area contributed by atoms with Gasteiger partial charge in [0.25, 0.3) is 0 Å². The second kappa shape index (κ2) is 6.70.